The minimum absolute atomic E-state index is 0.0651. The normalized spacial score (nSPS) is 13.4. The number of phenols is 1. The highest BCUT2D eigenvalue weighted by Crippen LogP contribution is 2.28. The van der Waals surface area contributed by atoms with Crippen LogP contribution in [0, 0.1) is 19.8 Å². The highest BCUT2D eigenvalue weighted by Gasteiger charge is 2.20. The van der Waals surface area contributed by atoms with E-state index in [-0.39, 0.29) is 23.6 Å². The number of hydrogen-bond acceptors (Lipinski definition) is 4. The topological polar surface area (TPSA) is 87.2 Å². The van der Waals surface area contributed by atoms with Gasteiger partial charge in [0.15, 0.2) is 0 Å². The molecule has 0 radical (unpaired) electrons. The molecule has 0 spiro atoms. The van der Waals surface area contributed by atoms with E-state index in [2.05, 4.69) is 15.5 Å². The quantitative estimate of drug-likeness (QED) is 0.759. The molecule has 1 heterocycles. The number of ether oxygens (including phenoxy) is 1. The number of aromatic hydroxyl groups is 1. The number of aromatic nitrogens is 2. The van der Waals surface area contributed by atoms with Crippen molar-refractivity contribution in [2.24, 2.45) is 5.92 Å². The van der Waals surface area contributed by atoms with E-state index in [1.165, 1.54) is 0 Å². The van der Waals surface area contributed by atoms with Crippen LogP contribution in [0.25, 0.3) is 0 Å². The minimum Gasteiger partial charge on any atom is -0.508 e. The summed E-state index contributed by atoms with van der Waals surface area (Å²) in [4.78, 5) is 12.5. The summed E-state index contributed by atoms with van der Waals surface area (Å²) >= 11 is 0. The largest absolute Gasteiger partial charge is 0.508 e. The molecule has 0 aliphatic rings. The number of aryl methyl sites for hydroxylation is 2. The molecule has 2 rings (SSSR count). The molecule has 24 heavy (non-hydrogen) atoms. The van der Waals surface area contributed by atoms with E-state index >= 15 is 0 Å². The van der Waals surface area contributed by atoms with E-state index < -0.39 is 0 Å². The summed E-state index contributed by atoms with van der Waals surface area (Å²) in [5.74, 6) is 0.513. The lowest BCUT2D eigenvalue weighted by Gasteiger charge is -2.19. The highest BCUT2D eigenvalue weighted by atomic mass is 16.5. The van der Waals surface area contributed by atoms with Gasteiger partial charge in [-0.05, 0) is 51.0 Å². The predicted molar refractivity (Wildman–Crippen MR) is 92.1 cm³/mol. The summed E-state index contributed by atoms with van der Waals surface area (Å²) < 4.78 is 5.17. The molecule has 130 valence electrons. The number of carbonyl (C=O) groups excluding carboxylic acids is 1. The molecule has 1 amide bonds. The van der Waals surface area contributed by atoms with Crippen molar-refractivity contribution in [2.75, 3.05) is 7.11 Å². The summed E-state index contributed by atoms with van der Waals surface area (Å²) in [6.45, 7) is 7.62. The molecule has 6 heteroatoms. The fraction of sp³-hybridized carbons (Fsp3) is 0.444. The molecule has 1 aromatic carbocycles. The number of aromatic amines is 1. The molecule has 0 saturated carbocycles. The molecule has 3 N–H and O–H groups in total. The van der Waals surface area contributed by atoms with Crippen LogP contribution in [0.2, 0.25) is 0 Å². The van der Waals surface area contributed by atoms with E-state index in [1.54, 1.807) is 25.3 Å². The smallest absolute Gasteiger partial charge is 0.223 e. The first kappa shape index (κ1) is 17.8. The Bertz CT molecular complexity index is 705. The lowest BCUT2D eigenvalue weighted by molar-refractivity contribution is -0.125. The van der Waals surface area contributed by atoms with Gasteiger partial charge in [-0.1, -0.05) is 6.92 Å². The number of nitrogens with one attached hydrogen (secondary N) is 2. The van der Waals surface area contributed by atoms with Crippen molar-refractivity contribution in [1.82, 2.24) is 15.5 Å². The lowest BCUT2D eigenvalue weighted by atomic mass is 9.98. The van der Waals surface area contributed by atoms with Gasteiger partial charge in [0.05, 0.1) is 18.8 Å². The first-order valence-corrected chi connectivity index (χ1v) is 8.01. The predicted octanol–water partition coefficient (Wildman–Crippen LogP) is 2.80. The third-order valence-corrected chi connectivity index (χ3v) is 4.30. The van der Waals surface area contributed by atoms with Crippen LogP contribution in [0.3, 0.4) is 0 Å². The van der Waals surface area contributed by atoms with Crippen LogP contribution in [0.15, 0.2) is 18.2 Å². The molecular weight excluding hydrogens is 306 g/mol. The van der Waals surface area contributed by atoms with Gasteiger partial charge in [-0.2, -0.15) is 5.10 Å². The van der Waals surface area contributed by atoms with Gasteiger partial charge in [-0.15, -0.1) is 0 Å². The second-order valence-electron chi connectivity index (χ2n) is 6.17. The molecule has 0 aliphatic heterocycles. The molecular formula is C18H25N3O3. The van der Waals surface area contributed by atoms with E-state index in [0.717, 1.165) is 17.0 Å². The highest BCUT2D eigenvalue weighted by molar-refractivity contribution is 5.79. The maximum Gasteiger partial charge on any atom is 0.223 e. The van der Waals surface area contributed by atoms with Gasteiger partial charge in [-0.25, -0.2) is 0 Å². The Balaban J connectivity index is 2.06. The Hall–Kier alpha value is -2.50. The van der Waals surface area contributed by atoms with E-state index in [9.17, 15) is 9.90 Å². The summed E-state index contributed by atoms with van der Waals surface area (Å²) in [5, 5.41) is 20.1. The number of H-pyrrole nitrogens is 1. The third-order valence-electron chi connectivity index (χ3n) is 4.30. The second-order valence-corrected chi connectivity index (χ2v) is 6.17. The Labute approximate surface area is 142 Å². The average molecular weight is 331 g/mol. The average Bonchev–Trinajstić information content (AvgIpc) is 2.87. The van der Waals surface area contributed by atoms with Gasteiger partial charge < -0.3 is 15.2 Å². The van der Waals surface area contributed by atoms with Crippen molar-refractivity contribution in [1.29, 1.82) is 0 Å². The van der Waals surface area contributed by atoms with Crippen molar-refractivity contribution in [2.45, 2.75) is 40.2 Å². The van der Waals surface area contributed by atoms with Crippen molar-refractivity contribution >= 4 is 5.91 Å². The molecule has 6 nitrogen and oxygen atoms in total. The van der Waals surface area contributed by atoms with Crippen molar-refractivity contribution in [3.8, 4) is 11.5 Å². The summed E-state index contributed by atoms with van der Waals surface area (Å²) in [6, 6.07) is 4.66. The van der Waals surface area contributed by atoms with Gasteiger partial charge in [0.2, 0.25) is 5.91 Å². The van der Waals surface area contributed by atoms with Crippen LogP contribution in [0.4, 0.5) is 0 Å². The number of phenolic OH excluding ortho intramolecular Hbond substituents is 1. The van der Waals surface area contributed by atoms with Crippen LogP contribution in [-0.2, 0) is 11.2 Å². The molecule has 2 unspecified atom stereocenters. The number of amides is 1. The number of nitrogens with zero attached hydrogens (tertiary/aromatic N) is 1. The third kappa shape index (κ3) is 3.88. The minimum atomic E-state index is -0.318. The zero-order chi connectivity index (χ0) is 17.9. The van der Waals surface area contributed by atoms with Gasteiger partial charge in [0.1, 0.15) is 11.5 Å². The van der Waals surface area contributed by atoms with Crippen LogP contribution in [0.1, 0.15) is 42.4 Å². The molecule has 2 aromatic rings. The number of methoxy groups -OCH3 is 1. The molecule has 1 aromatic heterocycles. The zero-order valence-electron chi connectivity index (χ0n) is 14.8. The number of hydrogen-bond donors (Lipinski definition) is 3. The summed E-state index contributed by atoms with van der Waals surface area (Å²) in [5.41, 5.74) is 3.62. The zero-order valence-corrected chi connectivity index (χ0v) is 14.8. The molecule has 0 aliphatic carbocycles. The van der Waals surface area contributed by atoms with Crippen molar-refractivity contribution in [3.05, 3.63) is 40.7 Å². The number of benzene rings is 1. The second kappa shape index (κ2) is 7.38. The Kier molecular flexibility index (Phi) is 5.49. The fourth-order valence-electron chi connectivity index (χ4n) is 2.71. The summed E-state index contributed by atoms with van der Waals surface area (Å²) in [7, 11) is 1.57. The Morgan fingerprint density at radius 2 is 2.08 bits per heavy atom. The Morgan fingerprint density at radius 3 is 2.67 bits per heavy atom. The van der Waals surface area contributed by atoms with Crippen LogP contribution < -0.4 is 10.1 Å². The first-order chi connectivity index (χ1) is 11.3. The first-order valence-electron chi connectivity index (χ1n) is 8.01. The fourth-order valence-corrected chi connectivity index (χ4v) is 2.71. The number of carbonyl (C=O) groups is 1. The van der Waals surface area contributed by atoms with Crippen LogP contribution >= 0.6 is 0 Å². The van der Waals surface area contributed by atoms with Gasteiger partial charge in [-0.3, -0.25) is 9.89 Å². The van der Waals surface area contributed by atoms with Gasteiger partial charge >= 0.3 is 0 Å². The van der Waals surface area contributed by atoms with Crippen molar-refractivity contribution in [3.63, 3.8) is 0 Å². The Morgan fingerprint density at radius 1 is 1.38 bits per heavy atom. The standard InChI is InChI=1S/C18H25N3O3/c1-10(8-15-12(3)20-21-13(15)4)18(23)19-11(2)16-9-14(24-5)6-7-17(16)22/h6-7,9-11,22H,8H2,1-5H3,(H,19,23)(H,20,21). The van der Waals surface area contributed by atoms with Crippen LogP contribution in [-0.4, -0.2) is 28.3 Å². The lowest BCUT2D eigenvalue weighted by Crippen LogP contribution is -2.32. The summed E-state index contributed by atoms with van der Waals surface area (Å²) in [6.07, 6.45) is 0.622. The van der Waals surface area contributed by atoms with Crippen molar-refractivity contribution < 1.29 is 14.6 Å². The molecule has 0 saturated heterocycles. The maximum atomic E-state index is 12.5. The monoisotopic (exact) mass is 331 g/mol. The van der Waals surface area contributed by atoms with Gasteiger partial charge in [0, 0.05) is 17.2 Å². The van der Waals surface area contributed by atoms with E-state index in [0.29, 0.717) is 17.7 Å². The van der Waals surface area contributed by atoms with Crippen LogP contribution in [0.5, 0.6) is 11.5 Å². The molecule has 0 bridgehead atoms. The van der Waals surface area contributed by atoms with E-state index in [1.807, 2.05) is 27.7 Å². The SMILES string of the molecule is COc1ccc(O)c(C(C)NC(=O)C(C)Cc2c(C)n[nH]c2C)c1. The number of rotatable bonds is 6. The maximum absolute atomic E-state index is 12.5. The molecule has 0 fully saturated rings. The molecule has 2 atom stereocenters. The van der Waals surface area contributed by atoms with E-state index in [4.69, 9.17) is 4.74 Å². The van der Waals surface area contributed by atoms with Gasteiger partial charge in [0.25, 0.3) is 0 Å².